The molecule has 0 aromatic carbocycles. The van der Waals surface area contributed by atoms with Gasteiger partial charge in [0.15, 0.2) is 0 Å². The molecule has 1 heteroatoms. The first-order valence-corrected chi connectivity index (χ1v) is 4.32. The molecule has 0 bridgehead atoms. The Morgan fingerprint density at radius 1 is 1.40 bits per heavy atom. The predicted octanol–water partition coefficient (Wildman–Crippen LogP) is 2.40. The van der Waals surface area contributed by atoms with E-state index in [1.807, 2.05) is 0 Å². The molecule has 1 rings (SSSR count). The lowest BCUT2D eigenvalue weighted by atomic mass is 9.91. The first-order valence-electron chi connectivity index (χ1n) is 4.32. The minimum Gasteiger partial charge on any atom is -0.299 e. The van der Waals surface area contributed by atoms with Crippen LogP contribution in [0.5, 0.6) is 0 Å². The molecule has 1 aliphatic carbocycles. The first kappa shape index (κ1) is 7.77. The highest BCUT2D eigenvalue weighted by Crippen LogP contribution is 2.32. The van der Waals surface area contributed by atoms with E-state index in [-0.39, 0.29) is 0 Å². The van der Waals surface area contributed by atoms with Crippen LogP contribution < -0.4 is 0 Å². The van der Waals surface area contributed by atoms with E-state index in [4.69, 9.17) is 0 Å². The van der Waals surface area contributed by atoms with Crippen molar-refractivity contribution >= 4 is 5.78 Å². The Hall–Kier alpha value is -0.330. The van der Waals surface area contributed by atoms with Crippen LogP contribution in [0.4, 0.5) is 0 Å². The van der Waals surface area contributed by atoms with E-state index < -0.39 is 0 Å². The van der Waals surface area contributed by atoms with Gasteiger partial charge in [-0.05, 0) is 18.8 Å². The second-order valence-electron chi connectivity index (χ2n) is 3.19. The minimum absolute atomic E-state index is 0.407. The third kappa shape index (κ3) is 1.23. The lowest BCUT2D eigenvalue weighted by Gasteiger charge is -2.12. The van der Waals surface area contributed by atoms with Crippen LogP contribution in [0, 0.1) is 11.8 Å². The maximum Gasteiger partial charge on any atom is 0.136 e. The molecule has 1 nitrogen and oxygen atoms in total. The highest BCUT2D eigenvalue weighted by Gasteiger charge is 2.31. The number of ketones is 1. The van der Waals surface area contributed by atoms with Gasteiger partial charge in [-0.15, -0.1) is 0 Å². The Balaban J connectivity index is 2.54. The SMILES string of the molecule is CCC1CCC(=O)C1CC. The smallest absolute Gasteiger partial charge is 0.136 e. The van der Waals surface area contributed by atoms with Gasteiger partial charge in [0.1, 0.15) is 5.78 Å². The van der Waals surface area contributed by atoms with Gasteiger partial charge < -0.3 is 0 Å². The number of carbonyl (C=O) groups excluding carboxylic acids is 1. The van der Waals surface area contributed by atoms with Crippen molar-refractivity contribution in [3.63, 3.8) is 0 Å². The van der Waals surface area contributed by atoms with Gasteiger partial charge in [0.05, 0.1) is 0 Å². The van der Waals surface area contributed by atoms with E-state index in [9.17, 15) is 4.79 Å². The average Bonchev–Trinajstić information content (AvgIpc) is 2.30. The van der Waals surface area contributed by atoms with Crippen LogP contribution in [-0.4, -0.2) is 5.78 Å². The first-order chi connectivity index (χ1) is 4.79. The largest absolute Gasteiger partial charge is 0.299 e. The Labute approximate surface area is 62.8 Å². The molecule has 1 fully saturated rings. The van der Waals surface area contributed by atoms with Crippen molar-refractivity contribution in [2.45, 2.75) is 39.5 Å². The summed E-state index contributed by atoms with van der Waals surface area (Å²) in [6.07, 6.45) is 4.23. The van der Waals surface area contributed by atoms with Gasteiger partial charge in [-0.25, -0.2) is 0 Å². The molecule has 0 heterocycles. The Morgan fingerprint density at radius 3 is 2.50 bits per heavy atom. The summed E-state index contributed by atoms with van der Waals surface area (Å²) in [5, 5.41) is 0. The Kier molecular flexibility index (Phi) is 2.47. The second-order valence-corrected chi connectivity index (χ2v) is 3.19. The van der Waals surface area contributed by atoms with Crippen molar-refractivity contribution < 1.29 is 4.79 Å². The summed E-state index contributed by atoms with van der Waals surface area (Å²) in [6.45, 7) is 4.31. The predicted molar refractivity (Wildman–Crippen MR) is 41.8 cm³/mol. The molecule has 0 saturated heterocycles. The third-order valence-corrected chi connectivity index (χ3v) is 2.71. The fourth-order valence-corrected chi connectivity index (χ4v) is 2.03. The van der Waals surface area contributed by atoms with E-state index in [0.29, 0.717) is 17.6 Å². The summed E-state index contributed by atoms with van der Waals surface area (Å²) < 4.78 is 0. The van der Waals surface area contributed by atoms with Crippen LogP contribution in [0.15, 0.2) is 0 Å². The van der Waals surface area contributed by atoms with Crippen molar-refractivity contribution in [1.29, 1.82) is 0 Å². The normalized spacial score (nSPS) is 33.2. The van der Waals surface area contributed by atoms with Crippen LogP contribution in [0.2, 0.25) is 0 Å². The molecule has 2 atom stereocenters. The average molecular weight is 140 g/mol. The van der Waals surface area contributed by atoms with Gasteiger partial charge in [-0.1, -0.05) is 20.3 Å². The zero-order valence-corrected chi connectivity index (χ0v) is 6.89. The fraction of sp³-hybridized carbons (Fsp3) is 0.889. The molecule has 0 radical (unpaired) electrons. The lowest BCUT2D eigenvalue weighted by Crippen LogP contribution is -2.12. The molecule has 2 unspecified atom stereocenters. The lowest BCUT2D eigenvalue weighted by molar-refractivity contribution is -0.121. The van der Waals surface area contributed by atoms with Crippen molar-refractivity contribution in [2.75, 3.05) is 0 Å². The number of rotatable bonds is 2. The summed E-state index contributed by atoms with van der Waals surface area (Å²) in [4.78, 5) is 11.2. The van der Waals surface area contributed by atoms with E-state index in [1.54, 1.807) is 0 Å². The van der Waals surface area contributed by atoms with Crippen molar-refractivity contribution in [2.24, 2.45) is 11.8 Å². The van der Waals surface area contributed by atoms with Crippen LogP contribution >= 0.6 is 0 Å². The standard InChI is InChI=1S/C9H16O/c1-3-7-5-6-9(10)8(7)4-2/h7-8H,3-6H2,1-2H3. The number of hydrogen-bond donors (Lipinski definition) is 0. The van der Waals surface area contributed by atoms with Crippen molar-refractivity contribution in [3.05, 3.63) is 0 Å². The van der Waals surface area contributed by atoms with Gasteiger partial charge >= 0.3 is 0 Å². The summed E-state index contributed by atoms with van der Waals surface area (Å²) in [5.74, 6) is 1.62. The van der Waals surface area contributed by atoms with Gasteiger partial charge in [-0.3, -0.25) is 4.79 Å². The highest BCUT2D eigenvalue weighted by atomic mass is 16.1. The molecule has 0 aromatic rings. The van der Waals surface area contributed by atoms with E-state index in [0.717, 1.165) is 19.3 Å². The number of carbonyl (C=O) groups is 1. The molecular weight excluding hydrogens is 124 g/mol. The maximum absolute atomic E-state index is 11.2. The van der Waals surface area contributed by atoms with Crippen LogP contribution in [0.3, 0.4) is 0 Å². The molecule has 1 aliphatic rings. The molecule has 0 aromatic heterocycles. The van der Waals surface area contributed by atoms with Gasteiger partial charge in [0.25, 0.3) is 0 Å². The number of hydrogen-bond acceptors (Lipinski definition) is 1. The van der Waals surface area contributed by atoms with Crippen molar-refractivity contribution in [1.82, 2.24) is 0 Å². The van der Waals surface area contributed by atoms with Crippen LogP contribution in [0.25, 0.3) is 0 Å². The summed E-state index contributed by atoms with van der Waals surface area (Å²) in [7, 11) is 0. The maximum atomic E-state index is 11.2. The molecule has 10 heavy (non-hydrogen) atoms. The number of Topliss-reactive ketones (excluding diaryl/α,β-unsaturated/α-hetero) is 1. The zero-order valence-electron chi connectivity index (χ0n) is 6.89. The van der Waals surface area contributed by atoms with Crippen LogP contribution in [0.1, 0.15) is 39.5 Å². The molecule has 0 N–H and O–H groups in total. The Bertz CT molecular complexity index is 129. The fourth-order valence-electron chi connectivity index (χ4n) is 2.03. The van der Waals surface area contributed by atoms with E-state index in [1.165, 1.54) is 6.42 Å². The summed E-state index contributed by atoms with van der Waals surface area (Å²) in [5.41, 5.74) is 0. The molecule has 1 saturated carbocycles. The van der Waals surface area contributed by atoms with Crippen LogP contribution in [-0.2, 0) is 4.79 Å². The van der Waals surface area contributed by atoms with Gasteiger partial charge in [0.2, 0.25) is 0 Å². The molecule has 58 valence electrons. The van der Waals surface area contributed by atoms with Crippen molar-refractivity contribution in [3.8, 4) is 0 Å². The van der Waals surface area contributed by atoms with Gasteiger partial charge in [-0.2, -0.15) is 0 Å². The Morgan fingerprint density at radius 2 is 2.10 bits per heavy atom. The quantitative estimate of drug-likeness (QED) is 0.575. The van der Waals surface area contributed by atoms with E-state index >= 15 is 0 Å². The summed E-state index contributed by atoms with van der Waals surface area (Å²) >= 11 is 0. The zero-order chi connectivity index (χ0) is 7.56. The topological polar surface area (TPSA) is 17.1 Å². The minimum atomic E-state index is 0.407. The molecule has 0 spiro atoms. The van der Waals surface area contributed by atoms with Gasteiger partial charge in [0, 0.05) is 12.3 Å². The highest BCUT2D eigenvalue weighted by molar-refractivity contribution is 5.83. The monoisotopic (exact) mass is 140 g/mol. The third-order valence-electron chi connectivity index (χ3n) is 2.71. The van der Waals surface area contributed by atoms with E-state index in [2.05, 4.69) is 13.8 Å². The molecule has 0 aliphatic heterocycles. The second kappa shape index (κ2) is 3.18. The molecule has 0 amide bonds. The molecular formula is C9H16O. The summed E-state index contributed by atoms with van der Waals surface area (Å²) in [6, 6.07) is 0.